The van der Waals surface area contributed by atoms with E-state index in [1.54, 1.807) is 42.7 Å². The zero-order valence-corrected chi connectivity index (χ0v) is 19.4. The number of benzene rings is 1. The monoisotopic (exact) mass is 481 g/mol. The highest BCUT2D eigenvalue weighted by molar-refractivity contribution is 7.12. The van der Waals surface area contributed by atoms with Crippen molar-refractivity contribution in [2.24, 2.45) is 5.92 Å². The molecule has 0 aliphatic carbocycles. The Morgan fingerprint density at radius 2 is 1.97 bits per heavy atom. The number of nitrogens with zero attached hydrogens (tertiary/aromatic N) is 3. The fourth-order valence-electron chi connectivity index (χ4n) is 3.07. The van der Waals surface area contributed by atoms with E-state index < -0.39 is 6.04 Å². The fourth-order valence-corrected chi connectivity index (χ4v) is 3.85. The van der Waals surface area contributed by atoms with Crippen molar-refractivity contribution in [1.29, 1.82) is 0 Å². The molecule has 1 unspecified atom stereocenters. The van der Waals surface area contributed by atoms with Gasteiger partial charge in [-0.15, -0.1) is 11.3 Å². The van der Waals surface area contributed by atoms with Crippen molar-refractivity contribution in [3.05, 3.63) is 81.6 Å². The lowest BCUT2D eigenvalue weighted by Crippen LogP contribution is -2.32. The third-order valence-corrected chi connectivity index (χ3v) is 6.00. The second-order valence-electron chi connectivity index (χ2n) is 7.52. The van der Waals surface area contributed by atoms with Gasteiger partial charge >= 0.3 is 0 Å². The van der Waals surface area contributed by atoms with Gasteiger partial charge in [0.1, 0.15) is 6.04 Å². The van der Waals surface area contributed by atoms with Gasteiger partial charge in [-0.05, 0) is 47.7 Å². The predicted octanol–water partition coefficient (Wildman–Crippen LogP) is 5.23. The van der Waals surface area contributed by atoms with Crippen molar-refractivity contribution in [2.75, 3.05) is 5.32 Å². The van der Waals surface area contributed by atoms with Crippen LogP contribution in [0.15, 0.2) is 64.8 Å². The first-order valence-corrected chi connectivity index (χ1v) is 11.4. The molecule has 0 spiro atoms. The number of carbonyl (C=O) groups is 2. The molecule has 3 aromatic heterocycles. The van der Waals surface area contributed by atoms with Crippen LogP contribution in [0.3, 0.4) is 0 Å². The second-order valence-corrected chi connectivity index (χ2v) is 8.87. The summed E-state index contributed by atoms with van der Waals surface area (Å²) >= 11 is 7.55. The summed E-state index contributed by atoms with van der Waals surface area (Å²) < 4.78 is 5.44. The normalized spacial score (nSPS) is 11.9. The summed E-state index contributed by atoms with van der Waals surface area (Å²) in [5.41, 5.74) is 1.39. The summed E-state index contributed by atoms with van der Waals surface area (Å²) in [4.78, 5) is 34.5. The Balaban J connectivity index is 1.52. The number of anilines is 1. The van der Waals surface area contributed by atoms with E-state index in [0.29, 0.717) is 32.5 Å². The number of hydrogen-bond acceptors (Lipinski definition) is 7. The van der Waals surface area contributed by atoms with Crippen molar-refractivity contribution in [3.8, 4) is 11.4 Å². The molecule has 2 N–H and O–H groups in total. The summed E-state index contributed by atoms with van der Waals surface area (Å²) in [7, 11) is 0. The average Bonchev–Trinajstić information content (AvgIpc) is 3.52. The molecule has 33 heavy (non-hydrogen) atoms. The van der Waals surface area contributed by atoms with Crippen molar-refractivity contribution in [1.82, 2.24) is 20.4 Å². The van der Waals surface area contributed by atoms with Crippen LogP contribution in [0, 0.1) is 5.92 Å². The third kappa shape index (κ3) is 5.27. The van der Waals surface area contributed by atoms with E-state index in [2.05, 4.69) is 25.8 Å². The van der Waals surface area contributed by atoms with E-state index in [1.165, 1.54) is 17.4 Å². The molecule has 2 amide bonds. The van der Waals surface area contributed by atoms with Crippen LogP contribution in [0.25, 0.3) is 11.4 Å². The van der Waals surface area contributed by atoms with Crippen LogP contribution in [0.2, 0.25) is 5.02 Å². The number of amides is 2. The lowest BCUT2D eigenvalue weighted by Gasteiger charge is -2.19. The first-order chi connectivity index (χ1) is 15.9. The van der Waals surface area contributed by atoms with Gasteiger partial charge in [0.25, 0.3) is 11.8 Å². The van der Waals surface area contributed by atoms with Gasteiger partial charge in [0, 0.05) is 23.5 Å². The highest BCUT2D eigenvalue weighted by atomic mass is 35.5. The number of hydrogen-bond donors (Lipinski definition) is 2. The van der Waals surface area contributed by atoms with Crippen molar-refractivity contribution < 1.29 is 14.1 Å². The number of halogens is 1. The summed E-state index contributed by atoms with van der Waals surface area (Å²) in [5, 5.41) is 11.8. The van der Waals surface area contributed by atoms with Crippen molar-refractivity contribution in [3.63, 3.8) is 0 Å². The van der Waals surface area contributed by atoms with E-state index in [4.69, 9.17) is 16.1 Å². The molecule has 10 heteroatoms. The van der Waals surface area contributed by atoms with Crippen molar-refractivity contribution in [2.45, 2.75) is 19.9 Å². The number of nitrogens with one attached hydrogen (secondary N) is 2. The van der Waals surface area contributed by atoms with Crippen molar-refractivity contribution >= 4 is 40.4 Å². The van der Waals surface area contributed by atoms with Gasteiger partial charge in [-0.1, -0.05) is 36.7 Å². The summed E-state index contributed by atoms with van der Waals surface area (Å²) in [5.74, 6) is -0.00155. The molecular weight excluding hydrogens is 462 g/mol. The van der Waals surface area contributed by atoms with E-state index in [1.807, 2.05) is 25.3 Å². The standard InChI is InChI=1S/C23H20ClN5O3S/c1-13(2)19(23-28-20(29-32-23)15-5-3-9-25-12-15)27-21(30)14-7-8-16(24)17(11-14)26-22(31)18-6-4-10-33-18/h3-13,19H,1-2H3,(H,26,31)(H,27,30). The van der Waals surface area contributed by atoms with Crippen LogP contribution >= 0.6 is 22.9 Å². The van der Waals surface area contributed by atoms with Crippen LogP contribution in [-0.4, -0.2) is 26.9 Å². The second kappa shape index (κ2) is 9.93. The highest BCUT2D eigenvalue weighted by Crippen LogP contribution is 2.27. The van der Waals surface area contributed by atoms with Crippen LogP contribution in [-0.2, 0) is 0 Å². The van der Waals surface area contributed by atoms with Crippen LogP contribution in [0.1, 0.15) is 45.8 Å². The Hall–Kier alpha value is -3.56. The molecule has 4 rings (SSSR count). The fraction of sp³-hybridized carbons (Fsp3) is 0.174. The number of carbonyl (C=O) groups excluding carboxylic acids is 2. The van der Waals surface area contributed by atoms with Gasteiger partial charge < -0.3 is 15.2 Å². The van der Waals surface area contributed by atoms with Gasteiger partial charge in [-0.25, -0.2) is 0 Å². The van der Waals surface area contributed by atoms with E-state index in [9.17, 15) is 9.59 Å². The molecule has 0 saturated heterocycles. The van der Waals surface area contributed by atoms with E-state index in [-0.39, 0.29) is 23.6 Å². The molecule has 0 saturated carbocycles. The van der Waals surface area contributed by atoms with Crippen LogP contribution < -0.4 is 10.6 Å². The zero-order chi connectivity index (χ0) is 23.4. The Labute approximate surface area is 199 Å². The van der Waals surface area contributed by atoms with Gasteiger partial charge in [0.15, 0.2) is 0 Å². The lowest BCUT2D eigenvalue weighted by atomic mass is 10.0. The Morgan fingerprint density at radius 3 is 2.67 bits per heavy atom. The molecule has 0 aliphatic rings. The number of thiophene rings is 1. The summed E-state index contributed by atoms with van der Waals surface area (Å²) in [6.07, 6.45) is 3.29. The predicted molar refractivity (Wildman–Crippen MR) is 126 cm³/mol. The quantitative estimate of drug-likeness (QED) is 0.374. The van der Waals surface area contributed by atoms with E-state index in [0.717, 1.165) is 0 Å². The van der Waals surface area contributed by atoms with Crippen LogP contribution in [0.4, 0.5) is 5.69 Å². The van der Waals surface area contributed by atoms with Gasteiger partial charge in [0.2, 0.25) is 11.7 Å². The number of pyridine rings is 1. The minimum atomic E-state index is -0.518. The molecule has 3 heterocycles. The molecule has 1 atom stereocenters. The Bertz CT molecular complexity index is 1260. The Kier molecular flexibility index (Phi) is 6.81. The summed E-state index contributed by atoms with van der Waals surface area (Å²) in [6.45, 7) is 3.88. The molecule has 0 aliphatic heterocycles. The minimum absolute atomic E-state index is 0.0264. The first kappa shape index (κ1) is 22.6. The van der Waals surface area contributed by atoms with E-state index >= 15 is 0 Å². The zero-order valence-electron chi connectivity index (χ0n) is 17.8. The van der Waals surface area contributed by atoms with Gasteiger partial charge in [0.05, 0.1) is 15.6 Å². The maximum atomic E-state index is 13.0. The summed E-state index contributed by atoms with van der Waals surface area (Å²) in [6, 6.07) is 11.3. The molecule has 8 nitrogen and oxygen atoms in total. The minimum Gasteiger partial charge on any atom is -0.340 e. The first-order valence-electron chi connectivity index (χ1n) is 10.1. The van der Waals surface area contributed by atoms with Gasteiger partial charge in [-0.3, -0.25) is 14.6 Å². The molecule has 4 aromatic rings. The average molecular weight is 482 g/mol. The Morgan fingerprint density at radius 1 is 1.12 bits per heavy atom. The highest BCUT2D eigenvalue weighted by Gasteiger charge is 2.26. The SMILES string of the molecule is CC(C)C(NC(=O)c1ccc(Cl)c(NC(=O)c2cccs2)c1)c1nc(-c2cccnc2)no1. The lowest BCUT2D eigenvalue weighted by molar-refractivity contribution is 0.0913. The number of aromatic nitrogens is 3. The molecule has 0 fully saturated rings. The van der Waals surface area contributed by atoms with Crippen LogP contribution in [0.5, 0.6) is 0 Å². The smallest absolute Gasteiger partial charge is 0.265 e. The molecule has 0 radical (unpaired) electrons. The maximum Gasteiger partial charge on any atom is 0.265 e. The topological polar surface area (TPSA) is 110 Å². The molecule has 168 valence electrons. The van der Waals surface area contributed by atoms with Gasteiger partial charge in [-0.2, -0.15) is 4.98 Å². The molecule has 1 aromatic carbocycles. The third-order valence-electron chi connectivity index (χ3n) is 4.80. The number of rotatable bonds is 7. The molecule has 0 bridgehead atoms. The largest absolute Gasteiger partial charge is 0.340 e. The maximum absolute atomic E-state index is 13.0. The molecular formula is C23H20ClN5O3S.